The smallest absolute Gasteiger partial charge is 0.144 e. The lowest BCUT2D eigenvalue weighted by Gasteiger charge is -2.54. The number of nitrogens with zero attached hydrogens (tertiary/aromatic N) is 3. The summed E-state index contributed by atoms with van der Waals surface area (Å²) in [6, 6.07) is 6.02. The van der Waals surface area contributed by atoms with E-state index in [4.69, 9.17) is 21.1 Å². The van der Waals surface area contributed by atoms with E-state index in [1.165, 1.54) is 18.5 Å². The molecule has 2 fully saturated rings. The van der Waals surface area contributed by atoms with Crippen LogP contribution in [0.2, 0.25) is 5.02 Å². The molecule has 3 aliphatic rings. The molecule has 29 heavy (non-hydrogen) atoms. The Kier molecular flexibility index (Phi) is 4.68. The molecule has 6 heteroatoms. The van der Waals surface area contributed by atoms with Gasteiger partial charge < -0.3 is 14.0 Å². The molecular formula is C23H30ClN3O2. The maximum Gasteiger partial charge on any atom is 0.144 e. The van der Waals surface area contributed by atoms with Crippen LogP contribution >= 0.6 is 11.6 Å². The number of likely N-dealkylation sites (tertiary alicyclic amines) is 1. The Bertz CT molecular complexity index is 901. The van der Waals surface area contributed by atoms with Gasteiger partial charge in [-0.15, -0.1) is 0 Å². The van der Waals surface area contributed by atoms with Crippen molar-refractivity contribution in [3.05, 3.63) is 47.0 Å². The Hall–Kier alpha value is -1.56. The first-order chi connectivity index (χ1) is 13.9. The van der Waals surface area contributed by atoms with E-state index >= 15 is 0 Å². The van der Waals surface area contributed by atoms with Crippen molar-refractivity contribution in [1.29, 1.82) is 0 Å². The summed E-state index contributed by atoms with van der Waals surface area (Å²) in [4.78, 5) is 6.80. The topological polar surface area (TPSA) is 39.5 Å². The fraction of sp³-hybridized carbons (Fsp3) is 0.609. The molecule has 156 valence electrons. The van der Waals surface area contributed by atoms with Gasteiger partial charge in [-0.05, 0) is 57.7 Å². The summed E-state index contributed by atoms with van der Waals surface area (Å²) in [5, 5.41) is 0.682. The van der Waals surface area contributed by atoms with E-state index in [-0.39, 0.29) is 17.1 Å². The number of imidazole rings is 1. The lowest BCUT2D eigenvalue weighted by atomic mass is 9.64. The molecular weight excluding hydrogens is 386 g/mol. The first kappa shape index (κ1) is 19.4. The van der Waals surface area contributed by atoms with Crippen molar-refractivity contribution in [3.8, 4) is 5.75 Å². The maximum absolute atomic E-state index is 6.58. The van der Waals surface area contributed by atoms with E-state index in [2.05, 4.69) is 41.4 Å². The number of fused-ring (bicyclic) bond motifs is 3. The number of aryl methyl sites for hydroxylation is 1. The lowest BCUT2D eigenvalue weighted by molar-refractivity contribution is -0.174. The highest BCUT2D eigenvalue weighted by Gasteiger charge is 2.53. The van der Waals surface area contributed by atoms with E-state index in [9.17, 15) is 0 Å². The zero-order valence-corrected chi connectivity index (χ0v) is 18.3. The molecule has 2 aromatic rings. The summed E-state index contributed by atoms with van der Waals surface area (Å²) < 4.78 is 15.1. The van der Waals surface area contributed by atoms with Gasteiger partial charge in [0.25, 0.3) is 0 Å². The minimum absolute atomic E-state index is 0.0746. The highest BCUT2D eigenvalue weighted by molar-refractivity contribution is 6.32. The second kappa shape index (κ2) is 7.00. The van der Waals surface area contributed by atoms with Crippen LogP contribution in [0.3, 0.4) is 0 Å². The van der Waals surface area contributed by atoms with E-state index in [1.807, 2.05) is 24.7 Å². The summed E-state index contributed by atoms with van der Waals surface area (Å²) in [6.45, 7) is 8.40. The summed E-state index contributed by atoms with van der Waals surface area (Å²) in [6.07, 6.45) is 7.43. The van der Waals surface area contributed by atoms with E-state index in [0.717, 1.165) is 44.0 Å². The van der Waals surface area contributed by atoms with Gasteiger partial charge >= 0.3 is 0 Å². The Morgan fingerprint density at radius 1 is 1.24 bits per heavy atom. The monoisotopic (exact) mass is 415 g/mol. The molecule has 2 saturated heterocycles. The van der Waals surface area contributed by atoms with Crippen LogP contribution in [0.15, 0.2) is 30.7 Å². The summed E-state index contributed by atoms with van der Waals surface area (Å²) >= 11 is 6.44. The molecule has 1 aromatic carbocycles. The summed E-state index contributed by atoms with van der Waals surface area (Å²) in [7, 11) is 2.07. The number of aromatic nitrogens is 2. The third-order valence-corrected chi connectivity index (χ3v) is 7.67. The Morgan fingerprint density at radius 3 is 2.76 bits per heavy atom. The molecule has 0 unspecified atom stereocenters. The van der Waals surface area contributed by atoms with Crippen molar-refractivity contribution in [2.75, 3.05) is 19.7 Å². The van der Waals surface area contributed by atoms with E-state index < -0.39 is 0 Å². The predicted molar refractivity (Wildman–Crippen MR) is 113 cm³/mol. The predicted octanol–water partition coefficient (Wildman–Crippen LogP) is 4.60. The second-order valence-corrected chi connectivity index (χ2v) is 10.1. The van der Waals surface area contributed by atoms with E-state index in [1.54, 1.807) is 0 Å². The van der Waals surface area contributed by atoms with Crippen LogP contribution in [-0.4, -0.2) is 39.7 Å². The number of para-hydroxylation sites is 1. The van der Waals surface area contributed by atoms with Gasteiger partial charge in [0.1, 0.15) is 11.4 Å². The van der Waals surface area contributed by atoms with Gasteiger partial charge in [0.2, 0.25) is 0 Å². The average Bonchev–Trinajstić information content (AvgIpc) is 3.10. The van der Waals surface area contributed by atoms with Crippen LogP contribution in [0.25, 0.3) is 0 Å². The number of benzene rings is 1. The SMILES string of the molecule is Cn1cncc1CN1CCC2(CC1)CO[C@H]1c3cccc(Cl)c3OC(C)(C)[C@@H]1C2. The zero-order valence-electron chi connectivity index (χ0n) is 17.5. The Morgan fingerprint density at radius 2 is 2.03 bits per heavy atom. The van der Waals surface area contributed by atoms with Crippen LogP contribution in [0.1, 0.15) is 50.5 Å². The molecule has 3 aliphatic heterocycles. The fourth-order valence-electron chi connectivity index (χ4n) is 5.43. The van der Waals surface area contributed by atoms with Gasteiger partial charge in [-0.3, -0.25) is 4.90 Å². The molecule has 5 rings (SSSR count). The molecule has 4 heterocycles. The first-order valence-corrected chi connectivity index (χ1v) is 11.0. The molecule has 0 bridgehead atoms. The minimum atomic E-state index is -0.290. The largest absolute Gasteiger partial charge is 0.486 e. The number of ether oxygens (including phenoxy) is 2. The van der Waals surface area contributed by atoms with E-state index in [0.29, 0.717) is 10.9 Å². The molecule has 0 radical (unpaired) electrons. The standard InChI is InChI=1S/C23H30ClN3O2/c1-22(2)18-11-23(7-9-27(10-8-23)13-16-12-25-15-26(16)3)14-28-20(18)17-5-4-6-19(24)21(17)29-22/h4-6,12,15,18,20H,7-11,13-14H2,1-3H3/t18-,20+/m1/s1. The Labute approximate surface area is 178 Å². The Balaban J connectivity index is 1.31. The van der Waals surface area contributed by atoms with Gasteiger partial charge in [-0.25, -0.2) is 4.98 Å². The van der Waals surface area contributed by atoms with Gasteiger partial charge in [0.05, 0.1) is 29.8 Å². The number of hydrogen-bond donors (Lipinski definition) is 0. The van der Waals surface area contributed by atoms with Gasteiger partial charge in [-0.1, -0.05) is 23.7 Å². The zero-order chi connectivity index (χ0) is 20.2. The van der Waals surface area contributed by atoms with Crippen LogP contribution in [0, 0.1) is 11.3 Å². The first-order valence-electron chi connectivity index (χ1n) is 10.6. The number of rotatable bonds is 2. The van der Waals surface area contributed by atoms with Crippen molar-refractivity contribution in [2.24, 2.45) is 18.4 Å². The molecule has 0 aliphatic carbocycles. The van der Waals surface area contributed by atoms with Crippen LogP contribution in [0.4, 0.5) is 0 Å². The second-order valence-electron chi connectivity index (χ2n) is 9.68. The molecule has 1 aromatic heterocycles. The van der Waals surface area contributed by atoms with Crippen LogP contribution in [0.5, 0.6) is 5.75 Å². The highest BCUT2D eigenvalue weighted by Crippen LogP contribution is 2.56. The van der Waals surface area contributed by atoms with Gasteiger partial charge in [-0.2, -0.15) is 0 Å². The van der Waals surface area contributed by atoms with Crippen molar-refractivity contribution < 1.29 is 9.47 Å². The third kappa shape index (κ3) is 3.37. The van der Waals surface area contributed by atoms with Crippen molar-refractivity contribution >= 4 is 11.6 Å². The number of halogens is 1. The van der Waals surface area contributed by atoms with Gasteiger partial charge in [0.15, 0.2) is 0 Å². The molecule has 2 atom stereocenters. The number of hydrogen-bond acceptors (Lipinski definition) is 4. The van der Waals surface area contributed by atoms with Crippen LogP contribution < -0.4 is 4.74 Å². The normalized spacial score (nSPS) is 27.9. The summed E-state index contributed by atoms with van der Waals surface area (Å²) in [5.74, 6) is 1.15. The molecule has 0 amide bonds. The minimum Gasteiger partial charge on any atom is -0.486 e. The summed E-state index contributed by atoms with van der Waals surface area (Å²) in [5.41, 5.74) is 2.35. The fourth-order valence-corrected chi connectivity index (χ4v) is 5.65. The quantitative estimate of drug-likeness (QED) is 0.718. The molecule has 5 nitrogen and oxygen atoms in total. The maximum atomic E-state index is 6.58. The van der Waals surface area contributed by atoms with Crippen LogP contribution in [-0.2, 0) is 18.3 Å². The third-order valence-electron chi connectivity index (χ3n) is 7.37. The highest BCUT2D eigenvalue weighted by atomic mass is 35.5. The molecule has 0 N–H and O–H groups in total. The molecule has 1 spiro atoms. The van der Waals surface area contributed by atoms with Crippen molar-refractivity contribution in [2.45, 2.75) is 51.4 Å². The van der Waals surface area contributed by atoms with Crippen molar-refractivity contribution in [1.82, 2.24) is 14.5 Å². The van der Waals surface area contributed by atoms with Crippen molar-refractivity contribution in [3.63, 3.8) is 0 Å². The molecule has 0 saturated carbocycles. The average molecular weight is 416 g/mol. The lowest BCUT2D eigenvalue weighted by Crippen LogP contribution is -2.54. The van der Waals surface area contributed by atoms with Gasteiger partial charge in [0, 0.05) is 31.3 Å². The number of piperidine rings is 1.